The van der Waals surface area contributed by atoms with E-state index in [2.05, 4.69) is 4.18 Å². The van der Waals surface area contributed by atoms with Gasteiger partial charge in [0, 0.05) is 23.8 Å². The molecule has 2 aromatic carbocycles. The van der Waals surface area contributed by atoms with Crippen LogP contribution in [0.15, 0.2) is 51.7 Å². The number of hydrogen-bond acceptors (Lipinski definition) is 12. The lowest BCUT2D eigenvalue weighted by molar-refractivity contribution is -0.271. The Morgan fingerprint density at radius 2 is 1.61 bits per heavy atom. The molecular formula is C21H18O14S. The zero-order valence-corrected chi connectivity index (χ0v) is 18.6. The highest BCUT2D eigenvalue weighted by Crippen LogP contribution is 2.33. The van der Waals surface area contributed by atoms with Crippen molar-refractivity contribution in [3.05, 3.63) is 52.7 Å². The molecule has 0 aliphatic carbocycles. The number of hydrogen-bond donors (Lipinski definition) is 6. The number of ether oxygens (including phenoxy) is 2. The molecule has 0 spiro atoms. The third kappa shape index (κ3) is 5.11. The molecule has 0 saturated carbocycles. The average molecular weight is 526 g/mol. The average Bonchev–Trinajstić information content (AvgIpc) is 2.78. The third-order valence-corrected chi connectivity index (χ3v) is 5.59. The quantitative estimate of drug-likeness (QED) is 0.225. The first kappa shape index (κ1) is 25.4. The number of phenols is 1. The Morgan fingerprint density at radius 3 is 2.22 bits per heavy atom. The van der Waals surface area contributed by atoms with Crippen LogP contribution in [0.3, 0.4) is 0 Å². The minimum absolute atomic E-state index is 0.0131. The fourth-order valence-corrected chi connectivity index (χ4v) is 3.89. The molecule has 1 aromatic heterocycles. The number of carboxylic acids is 1. The smallest absolute Gasteiger partial charge is 0.446 e. The highest BCUT2D eigenvalue weighted by Gasteiger charge is 2.48. The largest absolute Gasteiger partial charge is 0.507 e. The zero-order valence-electron chi connectivity index (χ0n) is 17.8. The molecule has 0 unspecified atom stereocenters. The van der Waals surface area contributed by atoms with E-state index in [-0.39, 0.29) is 33.8 Å². The first-order valence-corrected chi connectivity index (χ1v) is 11.4. The monoisotopic (exact) mass is 526 g/mol. The molecule has 36 heavy (non-hydrogen) atoms. The van der Waals surface area contributed by atoms with Crippen LogP contribution in [0, 0.1) is 0 Å². The number of rotatable bonds is 6. The number of phenolic OH excluding ortho intramolecular Hbond substituents is 1. The van der Waals surface area contributed by atoms with Gasteiger partial charge in [-0.2, -0.15) is 8.42 Å². The second-order valence-electron chi connectivity index (χ2n) is 7.68. The minimum Gasteiger partial charge on any atom is -0.507 e. The van der Waals surface area contributed by atoms with Crippen LogP contribution in [0.25, 0.3) is 22.3 Å². The summed E-state index contributed by atoms with van der Waals surface area (Å²) in [4.78, 5) is 23.9. The van der Waals surface area contributed by atoms with Crippen LogP contribution in [-0.2, 0) is 19.9 Å². The lowest BCUT2D eigenvalue weighted by atomic mass is 9.99. The van der Waals surface area contributed by atoms with E-state index in [1.165, 1.54) is 24.3 Å². The van der Waals surface area contributed by atoms with E-state index >= 15 is 0 Å². The van der Waals surface area contributed by atoms with E-state index in [9.17, 15) is 38.4 Å². The van der Waals surface area contributed by atoms with E-state index < -0.39 is 58.3 Å². The molecular weight excluding hydrogens is 508 g/mol. The van der Waals surface area contributed by atoms with Crippen molar-refractivity contribution in [3.63, 3.8) is 0 Å². The second-order valence-corrected chi connectivity index (χ2v) is 8.70. The lowest BCUT2D eigenvalue weighted by Crippen LogP contribution is -2.61. The highest BCUT2D eigenvalue weighted by molar-refractivity contribution is 7.81. The molecule has 6 N–H and O–H groups in total. The van der Waals surface area contributed by atoms with Crippen molar-refractivity contribution in [2.24, 2.45) is 0 Å². The van der Waals surface area contributed by atoms with Gasteiger partial charge < -0.3 is 43.6 Å². The van der Waals surface area contributed by atoms with E-state index in [0.29, 0.717) is 0 Å². The summed E-state index contributed by atoms with van der Waals surface area (Å²) in [7, 11) is -4.74. The summed E-state index contributed by atoms with van der Waals surface area (Å²) in [5.74, 6) is -2.67. The maximum absolute atomic E-state index is 12.6. The Kier molecular flexibility index (Phi) is 6.61. The van der Waals surface area contributed by atoms with Gasteiger partial charge >= 0.3 is 16.4 Å². The molecule has 14 nitrogen and oxygen atoms in total. The topological polar surface area (TPSA) is 230 Å². The first-order chi connectivity index (χ1) is 16.8. The minimum atomic E-state index is -4.74. The molecule has 5 atom stereocenters. The Labute approximate surface area is 201 Å². The molecule has 1 aliphatic heterocycles. The van der Waals surface area contributed by atoms with Crippen LogP contribution in [0.2, 0.25) is 0 Å². The SMILES string of the molecule is O=C(O)[C@H]1O[C@@H](Oc2cc(O)c3c(=O)cc(-c4ccc(OS(=O)(=O)O)cc4)oc3c2)[C@H](O)[C@@H](O)[C@@H]1O. The predicted molar refractivity (Wildman–Crippen MR) is 117 cm³/mol. The van der Waals surface area contributed by atoms with Crippen molar-refractivity contribution in [2.45, 2.75) is 30.7 Å². The number of carbonyl (C=O) groups is 1. The summed E-state index contributed by atoms with van der Waals surface area (Å²) in [6, 6.07) is 8.20. The van der Waals surface area contributed by atoms with Crippen LogP contribution in [0.4, 0.5) is 0 Å². The van der Waals surface area contributed by atoms with Crippen LogP contribution >= 0.6 is 0 Å². The summed E-state index contributed by atoms with van der Waals surface area (Å²) >= 11 is 0. The molecule has 1 aliphatic rings. The fraction of sp³-hybridized carbons (Fsp3) is 0.238. The summed E-state index contributed by atoms with van der Waals surface area (Å²) in [6.45, 7) is 0. The number of aliphatic hydroxyl groups is 3. The molecule has 2 heterocycles. The molecule has 0 radical (unpaired) electrons. The van der Waals surface area contributed by atoms with Gasteiger partial charge in [0.15, 0.2) is 11.5 Å². The summed E-state index contributed by atoms with van der Waals surface area (Å²) in [5.41, 5.74) is -0.562. The maximum atomic E-state index is 12.6. The molecule has 15 heteroatoms. The standard InChI is InChI=1S/C21H18O14S/c22-11-5-10(32-21-18(26)16(24)17(25)19(34-21)20(27)28)6-14-15(11)12(23)7-13(33-14)8-1-3-9(4-2-8)35-36(29,30)31/h1-7,16-19,21-22,24-26H,(H,27,28)(H,29,30,31)/t16-,17-,18+,19-,21+/m0/s1. The van der Waals surface area contributed by atoms with Gasteiger partial charge in [-0.15, -0.1) is 0 Å². The van der Waals surface area contributed by atoms with Gasteiger partial charge in [-0.25, -0.2) is 4.79 Å². The van der Waals surface area contributed by atoms with Crippen molar-refractivity contribution in [3.8, 4) is 28.6 Å². The van der Waals surface area contributed by atoms with E-state index in [4.69, 9.17) is 23.6 Å². The summed E-state index contributed by atoms with van der Waals surface area (Å²) in [6.07, 6.45) is -9.41. The molecule has 4 rings (SSSR count). The first-order valence-electron chi connectivity index (χ1n) is 10.0. The molecule has 3 aromatic rings. The number of carboxylic acid groups (broad SMARTS) is 1. The second kappa shape index (κ2) is 9.38. The van der Waals surface area contributed by atoms with Crippen LogP contribution < -0.4 is 14.3 Å². The van der Waals surface area contributed by atoms with Gasteiger partial charge in [-0.3, -0.25) is 9.35 Å². The summed E-state index contributed by atoms with van der Waals surface area (Å²) in [5, 5.41) is 49.1. The third-order valence-electron chi connectivity index (χ3n) is 5.19. The molecule has 0 bridgehead atoms. The Bertz CT molecular complexity index is 1460. The number of aromatic hydroxyl groups is 1. The van der Waals surface area contributed by atoms with Crippen LogP contribution in [0.5, 0.6) is 17.2 Å². The normalized spacial score (nSPS) is 24.4. The fourth-order valence-electron chi connectivity index (χ4n) is 3.53. The van der Waals surface area contributed by atoms with E-state index in [1.54, 1.807) is 0 Å². The van der Waals surface area contributed by atoms with Crippen molar-refractivity contribution in [1.82, 2.24) is 0 Å². The van der Waals surface area contributed by atoms with Crippen LogP contribution in [0.1, 0.15) is 0 Å². The number of fused-ring (bicyclic) bond motifs is 1. The molecule has 192 valence electrons. The molecule has 0 amide bonds. The van der Waals surface area contributed by atoms with Crippen molar-refractivity contribution >= 4 is 27.3 Å². The van der Waals surface area contributed by atoms with Crippen molar-refractivity contribution in [1.29, 1.82) is 0 Å². The summed E-state index contributed by atoms with van der Waals surface area (Å²) < 4.78 is 50.8. The Hall–Kier alpha value is -3.73. The van der Waals surface area contributed by atoms with Crippen molar-refractivity contribution < 1.29 is 61.4 Å². The van der Waals surface area contributed by atoms with Gasteiger partial charge in [-0.05, 0) is 24.3 Å². The van der Waals surface area contributed by atoms with Crippen molar-refractivity contribution in [2.75, 3.05) is 0 Å². The highest BCUT2D eigenvalue weighted by atomic mass is 32.3. The van der Waals surface area contributed by atoms with Gasteiger partial charge in [0.2, 0.25) is 6.29 Å². The maximum Gasteiger partial charge on any atom is 0.446 e. The molecule has 1 fully saturated rings. The van der Waals surface area contributed by atoms with Gasteiger partial charge in [0.05, 0.1) is 0 Å². The van der Waals surface area contributed by atoms with Gasteiger partial charge in [-0.1, -0.05) is 0 Å². The number of benzene rings is 2. The predicted octanol–water partition coefficient (Wildman–Crippen LogP) is -0.382. The van der Waals surface area contributed by atoms with Gasteiger partial charge in [0.1, 0.15) is 52.3 Å². The van der Waals surface area contributed by atoms with E-state index in [0.717, 1.165) is 18.2 Å². The zero-order chi connectivity index (χ0) is 26.4. The Morgan fingerprint density at radius 1 is 0.944 bits per heavy atom. The van der Waals surface area contributed by atoms with Crippen LogP contribution in [-0.4, -0.2) is 75.2 Å². The van der Waals surface area contributed by atoms with Gasteiger partial charge in [0.25, 0.3) is 0 Å². The Balaban J connectivity index is 1.67. The number of aliphatic hydroxyl groups excluding tert-OH is 3. The lowest BCUT2D eigenvalue weighted by Gasteiger charge is -2.38. The van der Waals surface area contributed by atoms with E-state index in [1.807, 2.05) is 0 Å². The number of aliphatic carboxylic acids is 1. The molecule has 1 saturated heterocycles.